The predicted molar refractivity (Wildman–Crippen MR) is 176 cm³/mol. The molecule has 0 atom stereocenters. The van der Waals surface area contributed by atoms with E-state index in [1.165, 1.54) is 5.56 Å². The number of carbonyl (C=O) groups excluding carboxylic acids is 2. The average Bonchev–Trinajstić information content (AvgIpc) is 3.41. The highest BCUT2D eigenvalue weighted by Gasteiger charge is 2.29. The van der Waals surface area contributed by atoms with Crippen molar-refractivity contribution in [3.05, 3.63) is 126 Å². The molecule has 0 aliphatic carbocycles. The van der Waals surface area contributed by atoms with Gasteiger partial charge in [-0.05, 0) is 60.2 Å². The van der Waals surface area contributed by atoms with Gasteiger partial charge in [-0.3, -0.25) is 14.0 Å². The zero-order chi connectivity index (χ0) is 30.9. The van der Waals surface area contributed by atoms with Gasteiger partial charge in [-0.15, -0.1) is 0 Å². The molecule has 0 radical (unpaired) electrons. The van der Waals surface area contributed by atoms with Crippen molar-refractivity contribution in [2.45, 2.75) is 12.8 Å². The van der Waals surface area contributed by atoms with Crippen molar-refractivity contribution in [3.8, 4) is 22.6 Å². The number of hydrogen-bond acceptors (Lipinski definition) is 6. The van der Waals surface area contributed by atoms with Crippen LogP contribution in [-0.4, -0.2) is 49.2 Å². The van der Waals surface area contributed by atoms with E-state index >= 15 is 0 Å². The average molecular weight is 614 g/mol. The van der Waals surface area contributed by atoms with Crippen LogP contribution < -0.4 is 10.6 Å². The Labute approximate surface area is 264 Å². The Bertz CT molecular complexity index is 2050. The maximum atomic E-state index is 13.0. The third-order valence-electron chi connectivity index (χ3n) is 7.91. The molecule has 3 aromatic carbocycles. The lowest BCUT2D eigenvalue weighted by Gasteiger charge is -2.39. The third kappa shape index (κ3) is 5.73. The molecule has 2 amide bonds. The first-order chi connectivity index (χ1) is 21.9. The van der Waals surface area contributed by atoms with Crippen LogP contribution in [0.2, 0.25) is 5.02 Å². The van der Waals surface area contributed by atoms with E-state index in [2.05, 4.69) is 27.8 Å². The zero-order valence-corrected chi connectivity index (χ0v) is 25.1. The number of carbonyl (C=O) groups is 2. The maximum absolute atomic E-state index is 13.0. The normalized spacial score (nSPS) is 13.0. The van der Waals surface area contributed by atoms with E-state index in [4.69, 9.17) is 21.6 Å². The number of rotatable bonds is 7. The highest BCUT2D eigenvalue weighted by Crippen LogP contribution is 2.34. The summed E-state index contributed by atoms with van der Waals surface area (Å²) in [6.07, 6.45) is 3.67. The van der Waals surface area contributed by atoms with Gasteiger partial charge in [0.25, 0.3) is 5.91 Å². The SMILES string of the molecule is CC(=O)N1CC(c2ccc(Nc3nccc(-c4c(-c5cccc(NC(=O)c6ccccc6Cl)c5)nc5ccccn45)n3)cc2)C1. The molecule has 1 aliphatic rings. The first-order valence-electron chi connectivity index (χ1n) is 14.5. The van der Waals surface area contributed by atoms with Gasteiger partial charge in [0.05, 0.1) is 27.7 Å². The van der Waals surface area contributed by atoms with E-state index in [-0.39, 0.29) is 11.8 Å². The molecule has 2 N–H and O–H groups in total. The summed E-state index contributed by atoms with van der Waals surface area (Å²) < 4.78 is 1.99. The fourth-order valence-electron chi connectivity index (χ4n) is 5.49. The molecule has 9 nitrogen and oxygen atoms in total. The van der Waals surface area contributed by atoms with Crippen LogP contribution in [0.4, 0.5) is 17.3 Å². The number of anilines is 3. The summed E-state index contributed by atoms with van der Waals surface area (Å²) >= 11 is 6.25. The quantitative estimate of drug-likeness (QED) is 0.200. The Morgan fingerprint density at radius 2 is 1.67 bits per heavy atom. The predicted octanol–water partition coefficient (Wildman–Crippen LogP) is 7.05. The van der Waals surface area contributed by atoms with Crippen molar-refractivity contribution in [1.29, 1.82) is 0 Å². The molecular formula is C35H28ClN7O2. The molecule has 1 aliphatic heterocycles. The molecule has 4 heterocycles. The lowest BCUT2D eigenvalue weighted by atomic mass is 9.91. The largest absolute Gasteiger partial charge is 0.342 e. The molecule has 222 valence electrons. The van der Waals surface area contributed by atoms with Crippen LogP contribution in [0.25, 0.3) is 28.3 Å². The summed E-state index contributed by atoms with van der Waals surface area (Å²) in [7, 11) is 0. The van der Waals surface area contributed by atoms with E-state index < -0.39 is 0 Å². The number of amides is 2. The topological polar surface area (TPSA) is 105 Å². The lowest BCUT2D eigenvalue weighted by Crippen LogP contribution is -2.47. The number of fused-ring (bicyclic) bond motifs is 1. The Kier molecular flexibility index (Phi) is 7.44. The fraction of sp³-hybridized carbons (Fsp3) is 0.114. The molecule has 0 bridgehead atoms. The van der Waals surface area contributed by atoms with Crippen LogP contribution in [0.5, 0.6) is 0 Å². The van der Waals surface area contributed by atoms with Gasteiger partial charge < -0.3 is 15.5 Å². The first-order valence-corrected chi connectivity index (χ1v) is 14.9. The zero-order valence-electron chi connectivity index (χ0n) is 24.3. The number of pyridine rings is 1. The Hall–Kier alpha value is -5.54. The Morgan fingerprint density at radius 1 is 0.867 bits per heavy atom. The number of hydrogen-bond donors (Lipinski definition) is 2. The van der Waals surface area contributed by atoms with Gasteiger partial charge in [0.1, 0.15) is 5.65 Å². The molecule has 0 saturated carbocycles. The standard InChI is InChI=1S/C35H28ClN7O2/c1-22(44)42-20-25(21-42)23-12-14-26(15-13-23)39-35-37-17-16-30(40-35)33-32(41-31-11-4-5-18-43(31)33)24-7-6-8-27(19-24)38-34(45)28-9-2-3-10-29(28)36/h2-19,25H,20-21H2,1H3,(H,38,45)(H,37,39,40). The summed E-state index contributed by atoms with van der Waals surface area (Å²) in [4.78, 5) is 40.6. The van der Waals surface area contributed by atoms with Crippen LogP contribution in [0.15, 0.2) is 109 Å². The van der Waals surface area contributed by atoms with Gasteiger partial charge in [0.2, 0.25) is 11.9 Å². The molecule has 0 unspecified atom stereocenters. The summed E-state index contributed by atoms with van der Waals surface area (Å²) in [6.45, 7) is 3.12. The monoisotopic (exact) mass is 613 g/mol. The molecule has 10 heteroatoms. The van der Waals surface area contributed by atoms with E-state index in [0.29, 0.717) is 39.5 Å². The van der Waals surface area contributed by atoms with Crippen molar-refractivity contribution in [3.63, 3.8) is 0 Å². The minimum absolute atomic E-state index is 0.114. The lowest BCUT2D eigenvalue weighted by molar-refractivity contribution is -0.133. The van der Waals surface area contributed by atoms with Crippen molar-refractivity contribution < 1.29 is 9.59 Å². The molecule has 1 fully saturated rings. The number of imidazole rings is 1. The maximum Gasteiger partial charge on any atom is 0.257 e. The van der Waals surface area contributed by atoms with Gasteiger partial charge in [-0.25, -0.2) is 15.0 Å². The Morgan fingerprint density at radius 3 is 2.47 bits per heavy atom. The van der Waals surface area contributed by atoms with Gasteiger partial charge in [0.15, 0.2) is 0 Å². The number of likely N-dealkylation sites (tertiary alicyclic amines) is 1. The molecule has 3 aromatic heterocycles. The van der Waals surface area contributed by atoms with E-state index in [1.807, 2.05) is 76.2 Å². The number of benzene rings is 3. The number of nitrogens with one attached hydrogen (secondary N) is 2. The highest BCUT2D eigenvalue weighted by atomic mass is 35.5. The summed E-state index contributed by atoms with van der Waals surface area (Å²) in [5.74, 6) is 0.630. The minimum atomic E-state index is -0.293. The molecule has 0 spiro atoms. The van der Waals surface area contributed by atoms with Gasteiger partial charge >= 0.3 is 0 Å². The van der Waals surface area contributed by atoms with Crippen LogP contribution in [0.3, 0.4) is 0 Å². The van der Waals surface area contributed by atoms with Crippen molar-refractivity contribution in [1.82, 2.24) is 24.3 Å². The highest BCUT2D eigenvalue weighted by molar-refractivity contribution is 6.34. The molecule has 45 heavy (non-hydrogen) atoms. The second-order valence-corrected chi connectivity index (χ2v) is 11.3. The summed E-state index contributed by atoms with van der Waals surface area (Å²) in [5, 5.41) is 6.66. The van der Waals surface area contributed by atoms with Crippen LogP contribution in [0, 0.1) is 0 Å². The van der Waals surface area contributed by atoms with Crippen molar-refractivity contribution in [2.24, 2.45) is 0 Å². The van der Waals surface area contributed by atoms with Crippen LogP contribution in [0.1, 0.15) is 28.8 Å². The van der Waals surface area contributed by atoms with E-state index in [0.717, 1.165) is 35.7 Å². The van der Waals surface area contributed by atoms with Crippen LogP contribution in [-0.2, 0) is 4.79 Å². The van der Waals surface area contributed by atoms with E-state index in [9.17, 15) is 9.59 Å². The van der Waals surface area contributed by atoms with Gasteiger partial charge in [-0.2, -0.15) is 0 Å². The van der Waals surface area contributed by atoms with E-state index in [1.54, 1.807) is 37.4 Å². The minimum Gasteiger partial charge on any atom is -0.342 e. The second-order valence-electron chi connectivity index (χ2n) is 10.9. The molecule has 1 saturated heterocycles. The fourth-order valence-corrected chi connectivity index (χ4v) is 5.72. The second kappa shape index (κ2) is 11.9. The number of nitrogens with zero attached hydrogens (tertiary/aromatic N) is 5. The van der Waals surface area contributed by atoms with Crippen molar-refractivity contribution in [2.75, 3.05) is 23.7 Å². The summed E-state index contributed by atoms with van der Waals surface area (Å²) in [6, 6.07) is 30.3. The van der Waals surface area contributed by atoms with Crippen LogP contribution >= 0.6 is 11.6 Å². The van der Waals surface area contributed by atoms with Crippen molar-refractivity contribution >= 4 is 46.4 Å². The number of aromatic nitrogens is 4. The molecular weight excluding hydrogens is 586 g/mol. The smallest absolute Gasteiger partial charge is 0.257 e. The number of halogens is 1. The Balaban J connectivity index is 1.17. The van der Waals surface area contributed by atoms with Gasteiger partial charge in [0, 0.05) is 55.3 Å². The first kappa shape index (κ1) is 28.2. The third-order valence-corrected chi connectivity index (χ3v) is 8.24. The summed E-state index contributed by atoms with van der Waals surface area (Å²) in [5.41, 5.74) is 6.84. The molecule has 7 rings (SSSR count). The molecule has 6 aromatic rings. The van der Waals surface area contributed by atoms with Gasteiger partial charge in [-0.1, -0.05) is 54.1 Å².